The van der Waals surface area contributed by atoms with Crippen LogP contribution in [0.3, 0.4) is 0 Å². The summed E-state index contributed by atoms with van der Waals surface area (Å²) >= 11 is 0. The predicted molar refractivity (Wildman–Crippen MR) is 62.5 cm³/mol. The van der Waals surface area contributed by atoms with Crippen LogP contribution >= 0.6 is 0 Å². The highest BCUT2D eigenvalue weighted by Crippen LogP contribution is 2.68. The Morgan fingerprint density at radius 1 is 1.33 bits per heavy atom. The molecule has 15 heavy (non-hydrogen) atoms. The van der Waals surface area contributed by atoms with Crippen molar-refractivity contribution in [3.63, 3.8) is 0 Å². The van der Waals surface area contributed by atoms with E-state index >= 15 is 0 Å². The Kier molecular flexibility index (Phi) is 2.15. The summed E-state index contributed by atoms with van der Waals surface area (Å²) in [5.41, 5.74) is 1.29. The van der Waals surface area contributed by atoms with E-state index in [9.17, 15) is 4.79 Å². The first-order valence-corrected chi connectivity index (χ1v) is 6.00. The Balaban J connectivity index is 2.34. The molecule has 2 bridgehead atoms. The van der Waals surface area contributed by atoms with Crippen LogP contribution in [0.15, 0.2) is 12.2 Å². The van der Waals surface area contributed by atoms with Gasteiger partial charge in [-0.25, -0.2) is 0 Å². The number of hydrogen-bond donors (Lipinski definition) is 0. The van der Waals surface area contributed by atoms with E-state index in [-0.39, 0.29) is 11.3 Å². The van der Waals surface area contributed by atoms with Crippen LogP contribution in [0.2, 0.25) is 0 Å². The molecule has 2 rings (SSSR count). The van der Waals surface area contributed by atoms with Crippen LogP contribution in [0.4, 0.5) is 0 Å². The van der Waals surface area contributed by atoms with Crippen molar-refractivity contribution in [2.45, 2.75) is 47.0 Å². The fourth-order valence-electron chi connectivity index (χ4n) is 3.90. The standard InChI is InChI=1S/C14H22O/c1-9(2)12(15)11-8-10-6-7-14(11,5)13(10,3)4/h10-11H,1,6-8H2,2-5H3. The maximum absolute atomic E-state index is 12.1. The number of hydrogen-bond acceptors (Lipinski definition) is 1. The Labute approximate surface area is 92.9 Å². The summed E-state index contributed by atoms with van der Waals surface area (Å²) in [5.74, 6) is 1.30. The van der Waals surface area contributed by atoms with Gasteiger partial charge in [0, 0.05) is 5.92 Å². The first-order chi connectivity index (χ1) is 6.80. The van der Waals surface area contributed by atoms with Crippen molar-refractivity contribution in [1.82, 2.24) is 0 Å². The van der Waals surface area contributed by atoms with E-state index in [0.29, 0.717) is 11.2 Å². The Morgan fingerprint density at radius 3 is 2.27 bits per heavy atom. The molecule has 84 valence electrons. The quantitative estimate of drug-likeness (QED) is 0.631. The van der Waals surface area contributed by atoms with Gasteiger partial charge in [0.15, 0.2) is 5.78 Å². The second-order valence-electron chi connectivity index (χ2n) is 6.31. The third-order valence-corrected chi connectivity index (χ3v) is 5.53. The summed E-state index contributed by atoms with van der Waals surface area (Å²) in [6.07, 6.45) is 3.62. The molecule has 0 aromatic heterocycles. The average Bonchev–Trinajstić information content (AvgIpc) is 2.47. The molecule has 3 atom stereocenters. The van der Waals surface area contributed by atoms with Gasteiger partial charge < -0.3 is 0 Å². The third-order valence-electron chi connectivity index (χ3n) is 5.53. The van der Waals surface area contributed by atoms with Crippen molar-refractivity contribution in [3.05, 3.63) is 12.2 Å². The molecule has 0 radical (unpaired) electrons. The zero-order valence-electron chi connectivity index (χ0n) is 10.4. The summed E-state index contributed by atoms with van der Waals surface area (Å²) < 4.78 is 0. The van der Waals surface area contributed by atoms with E-state index in [0.717, 1.165) is 17.9 Å². The fourth-order valence-corrected chi connectivity index (χ4v) is 3.90. The Bertz CT molecular complexity index is 326. The molecule has 0 spiro atoms. The van der Waals surface area contributed by atoms with Crippen molar-refractivity contribution in [3.8, 4) is 0 Å². The molecule has 0 amide bonds. The van der Waals surface area contributed by atoms with Crippen molar-refractivity contribution in [2.75, 3.05) is 0 Å². The summed E-state index contributed by atoms with van der Waals surface area (Å²) in [6.45, 7) is 12.7. The van der Waals surface area contributed by atoms with Crippen LogP contribution in [0.5, 0.6) is 0 Å². The summed E-state index contributed by atoms with van der Waals surface area (Å²) in [5, 5.41) is 0. The lowest BCUT2D eigenvalue weighted by atomic mass is 9.65. The number of rotatable bonds is 2. The van der Waals surface area contributed by atoms with Gasteiger partial charge >= 0.3 is 0 Å². The zero-order valence-corrected chi connectivity index (χ0v) is 10.4. The highest BCUT2D eigenvalue weighted by Gasteiger charge is 2.62. The number of ketones is 1. The highest BCUT2D eigenvalue weighted by molar-refractivity contribution is 5.97. The van der Waals surface area contributed by atoms with Crippen LogP contribution in [0.25, 0.3) is 0 Å². The van der Waals surface area contributed by atoms with Gasteiger partial charge in [-0.15, -0.1) is 0 Å². The molecule has 0 saturated heterocycles. The molecule has 0 aliphatic heterocycles. The number of fused-ring (bicyclic) bond motifs is 2. The van der Waals surface area contributed by atoms with E-state index in [1.807, 2.05) is 6.92 Å². The molecule has 1 heteroatoms. The highest BCUT2D eigenvalue weighted by atomic mass is 16.1. The molecule has 3 unspecified atom stereocenters. The van der Waals surface area contributed by atoms with Crippen molar-refractivity contribution < 1.29 is 4.79 Å². The number of carbonyl (C=O) groups excluding carboxylic acids is 1. The van der Waals surface area contributed by atoms with Crippen molar-refractivity contribution in [2.24, 2.45) is 22.7 Å². The molecule has 2 fully saturated rings. The van der Waals surface area contributed by atoms with Crippen molar-refractivity contribution in [1.29, 1.82) is 0 Å². The van der Waals surface area contributed by atoms with Crippen LogP contribution in [-0.4, -0.2) is 5.78 Å². The van der Waals surface area contributed by atoms with Crippen LogP contribution in [0.1, 0.15) is 47.0 Å². The van der Waals surface area contributed by atoms with Crippen LogP contribution in [0, 0.1) is 22.7 Å². The third kappa shape index (κ3) is 1.18. The van der Waals surface area contributed by atoms with Gasteiger partial charge in [0.05, 0.1) is 0 Å². The SMILES string of the molecule is C=C(C)C(=O)C1CC2CCC1(C)C2(C)C. The van der Waals surface area contributed by atoms with E-state index < -0.39 is 0 Å². The lowest BCUT2D eigenvalue weighted by molar-refractivity contribution is -0.123. The van der Waals surface area contributed by atoms with E-state index in [2.05, 4.69) is 27.4 Å². The molecule has 2 aliphatic carbocycles. The lowest BCUT2D eigenvalue weighted by Gasteiger charge is -2.38. The summed E-state index contributed by atoms with van der Waals surface area (Å²) in [6, 6.07) is 0. The topological polar surface area (TPSA) is 17.1 Å². The number of carbonyl (C=O) groups is 1. The van der Waals surface area contributed by atoms with E-state index in [1.165, 1.54) is 12.8 Å². The van der Waals surface area contributed by atoms with Gasteiger partial charge in [-0.05, 0) is 48.5 Å². The van der Waals surface area contributed by atoms with Gasteiger partial charge in [0.2, 0.25) is 0 Å². The first kappa shape index (κ1) is 10.9. The first-order valence-electron chi connectivity index (χ1n) is 6.00. The predicted octanol–water partition coefficient (Wildman–Crippen LogP) is 3.59. The number of Topliss-reactive ketones (excluding diaryl/α,β-unsaturated/α-hetero) is 1. The van der Waals surface area contributed by atoms with Crippen LogP contribution < -0.4 is 0 Å². The molecular formula is C14H22O. The molecule has 2 saturated carbocycles. The second kappa shape index (κ2) is 2.96. The minimum atomic E-state index is 0.216. The number of allylic oxidation sites excluding steroid dienone is 1. The molecule has 0 aromatic carbocycles. The molecular weight excluding hydrogens is 184 g/mol. The molecule has 0 heterocycles. The zero-order chi connectivity index (χ0) is 11.4. The molecule has 0 aromatic rings. The Morgan fingerprint density at radius 2 is 1.93 bits per heavy atom. The Hall–Kier alpha value is -0.590. The monoisotopic (exact) mass is 206 g/mol. The van der Waals surface area contributed by atoms with Gasteiger partial charge in [0.1, 0.15) is 0 Å². The summed E-state index contributed by atoms with van der Waals surface area (Å²) in [4.78, 5) is 12.1. The van der Waals surface area contributed by atoms with Crippen molar-refractivity contribution >= 4 is 5.78 Å². The minimum Gasteiger partial charge on any atom is -0.294 e. The lowest BCUT2D eigenvalue weighted by Crippen LogP contribution is -2.36. The van der Waals surface area contributed by atoms with E-state index in [1.54, 1.807) is 0 Å². The normalized spacial score (nSPS) is 41.9. The fraction of sp³-hybridized carbons (Fsp3) is 0.786. The smallest absolute Gasteiger partial charge is 0.161 e. The molecule has 0 N–H and O–H groups in total. The van der Waals surface area contributed by atoms with Crippen LogP contribution in [-0.2, 0) is 4.79 Å². The van der Waals surface area contributed by atoms with Gasteiger partial charge in [-0.2, -0.15) is 0 Å². The maximum atomic E-state index is 12.1. The average molecular weight is 206 g/mol. The summed E-state index contributed by atoms with van der Waals surface area (Å²) in [7, 11) is 0. The maximum Gasteiger partial charge on any atom is 0.161 e. The largest absolute Gasteiger partial charge is 0.294 e. The molecule has 1 nitrogen and oxygen atoms in total. The molecule has 2 aliphatic rings. The van der Waals surface area contributed by atoms with Gasteiger partial charge in [0.25, 0.3) is 0 Å². The van der Waals surface area contributed by atoms with E-state index in [4.69, 9.17) is 0 Å². The minimum absolute atomic E-state index is 0.216. The van der Waals surface area contributed by atoms with Gasteiger partial charge in [-0.1, -0.05) is 27.4 Å². The van der Waals surface area contributed by atoms with Gasteiger partial charge in [-0.3, -0.25) is 4.79 Å². The second-order valence-corrected chi connectivity index (χ2v) is 6.31.